The molecule has 0 aliphatic carbocycles. The minimum Gasteiger partial charge on any atom is -0.496 e. The van der Waals surface area contributed by atoms with E-state index in [9.17, 15) is 14.4 Å². The highest BCUT2D eigenvalue weighted by atomic mass is 32.1. The molecule has 5 rings (SSSR count). The van der Waals surface area contributed by atoms with Gasteiger partial charge >= 0.3 is 11.9 Å². The van der Waals surface area contributed by atoms with E-state index >= 15 is 0 Å². The topological polar surface area (TPSA) is 101 Å². The highest BCUT2D eigenvalue weighted by Crippen LogP contribution is 2.35. The highest BCUT2D eigenvalue weighted by Gasteiger charge is 2.35. The number of hydrogen-bond acceptors (Lipinski definition) is 8. The van der Waals surface area contributed by atoms with Crippen molar-refractivity contribution in [2.75, 3.05) is 20.8 Å². The van der Waals surface area contributed by atoms with Crippen LogP contribution in [0.25, 0.3) is 11.8 Å². The fourth-order valence-corrected chi connectivity index (χ4v) is 6.35. The van der Waals surface area contributed by atoms with Crippen molar-refractivity contribution in [3.8, 4) is 11.4 Å². The molecule has 0 N–H and O–H groups in total. The molecule has 2 aromatic carbocycles. The van der Waals surface area contributed by atoms with Crippen molar-refractivity contribution in [3.63, 3.8) is 0 Å². The zero-order valence-corrected chi connectivity index (χ0v) is 25.1. The molecule has 10 heteroatoms. The normalized spacial score (nSPS) is 14.8. The largest absolute Gasteiger partial charge is 0.496 e. The van der Waals surface area contributed by atoms with Crippen LogP contribution in [0.1, 0.15) is 52.8 Å². The molecule has 216 valence electrons. The number of fused-ring (bicyclic) bond motifs is 1. The van der Waals surface area contributed by atoms with Crippen LogP contribution in [-0.4, -0.2) is 41.9 Å². The predicted molar refractivity (Wildman–Crippen MR) is 160 cm³/mol. The Morgan fingerprint density at radius 2 is 1.74 bits per heavy atom. The van der Waals surface area contributed by atoms with Crippen LogP contribution in [0.5, 0.6) is 5.75 Å². The molecule has 4 aromatic rings. The Morgan fingerprint density at radius 1 is 1.02 bits per heavy atom. The lowest BCUT2D eigenvalue weighted by molar-refractivity contribution is -0.139. The second-order valence-electron chi connectivity index (χ2n) is 9.74. The first kappa shape index (κ1) is 28.8. The van der Waals surface area contributed by atoms with Crippen molar-refractivity contribution >= 4 is 29.4 Å². The lowest BCUT2D eigenvalue weighted by Crippen LogP contribution is -2.40. The molecule has 0 unspecified atom stereocenters. The molecule has 0 saturated carbocycles. The van der Waals surface area contributed by atoms with Gasteiger partial charge in [0, 0.05) is 22.6 Å². The van der Waals surface area contributed by atoms with E-state index in [1.165, 1.54) is 18.4 Å². The van der Waals surface area contributed by atoms with Crippen molar-refractivity contribution in [1.82, 2.24) is 9.13 Å². The number of hydrogen-bond donors (Lipinski definition) is 0. The number of allylic oxidation sites excluding steroid dienone is 1. The molecule has 0 bridgehead atoms. The number of aryl methyl sites for hydroxylation is 1. The fourth-order valence-electron chi connectivity index (χ4n) is 5.31. The van der Waals surface area contributed by atoms with E-state index in [0.717, 1.165) is 22.6 Å². The van der Waals surface area contributed by atoms with E-state index in [0.29, 0.717) is 37.5 Å². The lowest BCUT2D eigenvalue weighted by Gasteiger charge is -2.25. The minimum atomic E-state index is -0.764. The summed E-state index contributed by atoms with van der Waals surface area (Å²) in [4.78, 5) is 44.2. The first-order chi connectivity index (χ1) is 20.2. The van der Waals surface area contributed by atoms with Crippen LogP contribution in [0.15, 0.2) is 75.7 Å². The van der Waals surface area contributed by atoms with Gasteiger partial charge in [0.05, 0.1) is 42.2 Å². The van der Waals surface area contributed by atoms with Crippen molar-refractivity contribution < 1.29 is 23.8 Å². The van der Waals surface area contributed by atoms with E-state index in [-0.39, 0.29) is 12.2 Å². The molecule has 1 aliphatic rings. The molecule has 9 nitrogen and oxygen atoms in total. The van der Waals surface area contributed by atoms with Gasteiger partial charge in [0.25, 0.3) is 5.56 Å². The summed E-state index contributed by atoms with van der Waals surface area (Å²) in [6.07, 6.45) is 1.86. The van der Waals surface area contributed by atoms with Gasteiger partial charge in [0.15, 0.2) is 4.80 Å². The molecule has 0 fully saturated rings. The average Bonchev–Trinajstić information content (AvgIpc) is 3.45. The zero-order valence-electron chi connectivity index (χ0n) is 24.3. The van der Waals surface area contributed by atoms with Crippen LogP contribution in [0.4, 0.5) is 0 Å². The Labute approximate surface area is 246 Å². The van der Waals surface area contributed by atoms with Crippen LogP contribution in [-0.2, 0) is 14.3 Å². The number of carbonyl (C=O) groups excluding carboxylic acids is 2. The van der Waals surface area contributed by atoms with E-state index < -0.39 is 18.0 Å². The van der Waals surface area contributed by atoms with Gasteiger partial charge in [0.1, 0.15) is 11.8 Å². The zero-order chi connectivity index (χ0) is 30.1. The predicted octanol–water partition coefficient (Wildman–Crippen LogP) is 4.00. The average molecular weight is 586 g/mol. The molecule has 1 atom stereocenters. The first-order valence-corrected chi connectivity index (χ1v) is 14.2. The molecule has 1 aliphatic heterocycles. The van der Waals surface area contributed by atoms with Gasteiger partial charge in [-0.2, -0.15) is 0 Å². The summed E-state index contributed by atoms with van der Waals surface area (Å²) in [6, 6.07) is 15.7. The summed E-state index contributed by atoms with van der Waals surface area (Å²) < 4.78 is 19.9. The Hall–Kier alpha value is -4.70. The summed E-state index contributed by atoms with van der Waals surface area (Å²) >= 11 is 1.27. The second kappa shape index (κ2) is 11.7. The number of aromatic nitrogens is 2. The Kier molecular flexibility index (Phi) is 8.00. The standard InChI is InChI=1S/C32H31N3O6S/c1-7-41-31(38)27-19(3)33-32-35(28(27)24-10-8-9-11-25(24)39-5)29(36)26(42-32)17-22-16-18(2)34(20(22)4)23-14-12-21(13-15-23)30(37)40-6/h8-17,28H,7H2,1-6H3/b26-17+/t28-/m1/s1. The van der Waals surface area contributed by atoms with Crippen LogP contribution in [0.2, 0.25) is 0 Å². The monoisotopic (exact) mass is 585 g/mol. The Balaban J connectivity index is 1.66. The minimum absolute atomic E-state index is 0.194. The Morgan fingerprint density at radius 3 is 2.40 bits per heavy atom. The van der Waals surface area contributed by atoms with E-state index in [2.05, 4.69) is 9.56 Å². The fraction of sp³-hybridized carbons (Fsp3) is 0.250. The van der Waals surface area contributed by atoms with Crippen LogP contribution >= 0.6 is 11.3 Å². The number of ether oxygens (including phenoxy) is 3. The maximum atomic E-state index is 14.1. The Bertz CT molecular complexity index is 1910. The third kappa shape index (κ3) is 4.98. The SMILES string of the molecule is CCOC(=O)C1=C(C)N=c2s/c(=C/c3cc(C)n(-c4ccc(C(=O)OC)cc4)c3C)c(=O)n2[C@@H]1c1ccccc1OC. The van der Waals surface area contributed by atoms with E-state index in [1.807, 2.05) is 56.3 Å². The first-order valence-electron chi connectivity index (χ1n) is 13.4. The molecular weight excluding hydrogens is 554 g/mol. The lowest BCUT2D eigenvalue weighted by atomic mass is 9.95. The smallest absolute Gasteiger partial charge is 0.338 e. The maximum absolute atomic E-state index is 14.1. The van der Waals surface area contributed by atoms with Crippen LogP contribution in [0.3, 0.4) is 0 Å². The summed E-state index contributed by atoms with van der Waals surface area (Å²) in [5, 5.41) is 0. The highest BCUT2D eigenvalue weighted by molar-refractivity contribution is 7.07. The van der Waals surface area contributed by atoms with Gasteiger partial charge < -0.3 is 18.8 Å². The van der Waals surface area contributed by atoms with Crippen molar-refractivity contribution in [2.45, 2.75) is 33.7 Å². The van der Waals surface area contributed by atoms with Gasteiger partial charge in [-0.05, 0) is 75.7 Å². The molecule has 2 aromatic heterocycles. The van der Waals surface area contributed by atoms with E-state index in [1.54, 1.807) is 43.7 Å². The van der Waals surface area contributed by atoms with Crippen LogP contribution in [0, 0.1) is 13.8 Å². The molecule has 0 amide bonds. The van der Waals surface area contributed by atoms with Crippen LogP contribution < -0.4 is 19.6 Å². The van der Waals surface area contributed by atoms with Gasteiger partial charge in [-0.1, -0.05) is 29.5 Å². The molecule has 42 heavy (non-hydrogen) atoms. The number of benzene rings is 2. The third-order valence-electron chi connectivity index (χ3n) is 7.25. The van der Waals surface area contributed by atoms with Gasteiger partial charge in [-0.25, -0.2) is 14.6 Å². The summed E-state index contributed by atoms with van der Waals surface area (Å²) in [5.74, 6) is -0.368. The van der Waals surface area contributed by atoms with E-state index in [4.69, 9.17) is 14.2 Å². The number of esters is 2. The number of nitrogens with zero attached hydrogens (tertiary/aromatic N) is 3. The van der Waals surface area contributed by atoms with Crippen molar-refractivity contribution in [2.24, 2.45) is 4.99 Å². The number of para-hydroxylation sites is 1. The number of rotatable bonds is 7. The van der Waals surface area contributed by atoms with Gasteiger partial charge in [-0.15, -0.1) is 0 Å². The number of methoxy groups -OCH3 is 2. The molecule has 3 heterocycles. The second-order valence-corrected chi connectivity index (χ2v) is 10.8. The van der Waals surface area contributed by atoms with Crippen molar-refractivity contribution in [3.05, 3.63) is 114 Å². The van der Waals surface area contributed by atoms with Gasteiger partial charge in [-0.3, -0.25) is 9.36 Å². The molecular formula is C32H31N3O6S. The number of thiazole rings is 1. The molecule has 0 saturated heterocycles. The molecule has 0 spiro atoms. The molecule has 0 radical (unpaired) electrons. The van der Waals surface area contributed by atoms with Crippen molar-refractivity contribution in [1.29, 1.82) is 0 Å². The van der Waals surface area contributed by atoms with Gasteiger partial charge in [0.2, 0.25) is 0 Å². The summed E-state index contributed by atoms with van der Waals surface area (Å²) in [6.45, 7) is 7.65. The third-order valence-corrected chi connectivity index (χ3v) is 8.24. The summed E-state index contributed by atoms with van der Waals surface area (Å²) in [7, 11) is 2.91. The quantitative estimate of drug-likeness (QED) is 0.304. The summed E-state index contributed by atoms with van der Waals surface area (Å²) in [5.41, 5.74) is 5.29. The maximum Gasteiger partial charge on any atom is 0.338 e. The number of carbonyl (C=O) groups is 2.